The quantitative estimate of drug-likeness (QED) is 0.886. The van der Waals surface area contributed by atoms with E-state index in [1.807, 2.05) is 6.07 Å². The fourth-order valence-corrected chi connectivity index (χ4v) is 3.31. The van der Waals surface area contributed by atoms with Crippen LogP contribution in [0.2, 0.25) is 0 Å². The monoisotopic (exact) mass is 322 g/mol. The maximum atomic E-state index is 12.3. The SMILES string of the molecule is C[C@H](CCc1ccccc1)NC(=O)CN1CCc2ccccc2C1. The van der Waals surface area contributed by atoms with Crippen LogP contribution in [0.15, 0.2) is 54.6 Å². The summed E-state index contributed by atoms with van der Waals surface area (Å²) in [5, 5.41) is 3.14. The second-order valence-corrected chi connectivity index (χ2v) is 6.72. The lowest BCUT2D eigenvalue weighted by Gasteiger charge is -2.28. The molecule has 2 aromatic carbocycles. The number of nitrogens with zero attached hydrogens (tertiary/aromatic N) is 1. The number of rotatable bonds is 6. The Balaban J connectivity index is 1.42. The van der Waals surface area contributed by atoms with Crippen molar-refractivity contribution in [1.82, 2.24) is 10.2 Å². The summed E-state index contributed by atoms with van der Waals surface area (Å²) < 4.78 is 0. The molecule has 1 amide bonds. The van der Waals surface area contributed by atoms with Crippen molar-refractivity contribution in [2.45, 2.75) is 38.8 Å². The summed E-state index contributed by atoms with van der Waals surface area (Å²) in [6, 6.07) is 19.2. The summed E-state index contributed by atoms with van der Waals surface area (Å²) >= 11 is 0. The van der Waals surface area contributed by atoms with E-state index in [-0.39, 0.29) is 11.9 Å². The van der Waals surface area contributed by atoms with Crippen molar-refractivity contribution >= 4 is 5.91 Å². The first-order chi connectivity index (χ1) is 11.7. The van der Waals surface area contributed by atoms with Crippen LogP contribution in [0.3, 0.4) is 0 Å². The minimum atomic E-state index is 0.134. The molecule has 3 heteroatoms. The molecule has 1 atom stereocenters. The largest absolute Gasteiger partial charge is 0.353 e. The van der Waals surface area contributed by atoms with Gasteiger partial charge in [0.1, 0.15) is 0 Å². The Morgan fingerprint density at radius 2 is 1.79 bits per heavy atom. The van der Waals surface area contributed by atoms with Crippen LogP contribution in [0.4, 0.5) is 0 Å². The van der Waals surface area contributed by atoms with E-state index in [1.165, 1.54) is 16.7 Å². The van der Waals surface area contributed by atoms with Gasteiger partial charge in [-0.3, -0.25) is 9.69 Å². The van der Waals surface area contributed by atoms with Crippen molar-refractivity contribution in [3.8, 4) is 0 Å². The van der Waals surface area contributed by atoms with E-state index in [2.05, 4.69) is 65.7 Å². The van der Waals surface area contributed by atoms with Crippen LogP contribution in [0.1, 0.15) is 30.0 Å². The topological polar surface area (TPSA) is 32.3 Å². The van der Waals surface area contributed by atoms with Gasteiger partial charge in [-0.15, -0.1) is 0 Å². The molecule has 24 heavy (non-hydrogen) atoms. The summed E-state index contributed by atoms with van der Waals surface area (Å²) in [6.07, 6.45) is 3.00. The third-order valence-electron chi connectivity index (χ3n) is 4.69. The van der Waals surface area contributed by atoms with Crippen LogP contribution in [0, 0.1) is 0 Å². The molecule has 1 heterocycles. The van der Waals surface area contributed by atoms with E-state index in [1.54, 1.807) is 0 Å². The number of hydrogen-bond acceptors (Lipinski definition) is 2. The molecule has 2 aromatic rings. The van der Waals surface area contributed by atoms with Gasteiger partial charge in [0, 0.05) is 19.1 Å². The van der Waals surface area contributed by atoms with Gasteiger partial charge in [-0.2, -0.15) is 0 Å². The zero-order chi connectivity index (χ0) is 16.8. The fourth-order valence-electron chi connectivity index (χ4n) is 3.31. The Kier molecular flexibility index (Phi) is 5.65. The number of fused-ring (bicyclic) bond motifs is 1. The summed E-state index contributed by atoms with van der Waals surface area (Å²) in [6.45, 7) is 4.42. The lowest BCUT2D eigenvalue weighted by molar-refractivity contribution is -0.123. The van der Waals surface area contributed by atoms with E-state index in [0.29, 0.717) is 6.54 Å². The lowest BCUT2D eigenvalue weighted by atomic mass is 10.00. The number of nitrogens with one attached hydrogen (secondary N) is 1. The number of benzene rings is 2. The number of aryl methyl sites for hydroxylation is 1. The minimum absolute atomic E-state index is 0.134. The van der Waals surface area contributed by atoms with Gasteiger partial charge in [0.05, 0.1) is 6.54 Å². The maximum Gasteiger partial charge on any atom is 0.234 e. The maximum absolute atomic E-state index is 12.3. The van der Waals surface area contributed by atoms with Gasteiger partial charge in [0.25, 0.3) is 0 Å². The molecule has 0 saturated heterocycles. The molecule has 1 aliphatic rings. The molecule has 0 radical (unpaired) electrons. The third kappa shape index (κ3) is 4.68. The van der Waals surface area contributed by atoms with Gasteiger partial charge in [-0.1, -0.05) is 54.6 Å². The van der Waals surface area contributed by atoms with Crippen LogP contribution in [-0.4, -0.2) is 29.9 Å². The molecule has 0 aromatic heterocycles. The molecular formula is C21H26N2O. The van der Waals surface area contributed by atoms with E-state index in [9.17, 15) is 4.79 Å². The van der Waals surface area contributed by atoms with Gasteiger partial charge >= 0.3 is 0 Å². The standard InChI is InChI=1S/C21H26N2O/c1-17(11-12-18-7-3-2-4-8-18)22-21(24)16-23-14-13-19-9-5-6-10-20(19)15-23/h2-10,17H,11-16H2,1H3,(H,22,24)/t17-/m1/s1. The smallest absolute Gasteiger partial charge is 0.234 e. The normalized spacial score (nSPS) is 15.5. The highest BCUT2D eigenvalue weighted by atomic mass is 16.2. The van der Waals surface area contributed by atoms with E-state index in [4.69, 9.17) is 0 Å². The van der Waals surface area contributed by atoms with Gasteiger partial charge in [0.15, 0.2) is 0 Å². The number of carbonyl (C=O) groups excluding carboxylic acids is 1. The fraction of sp³-hybridized carbons (Fsp3) is 0.381. The highest BCUT2D eigenvalue weighted by Crippen LogP contribution is 2.18. The molecule has 0 fully saturated rings. The van der Waals surface area contributed by atoms with Crippen molar-refractivity contribution in [3.05, 3.63) is 71.3 Å². The highest BCUT2D eigenvalue weighted by molar-refractivity contribution is 5.78. The Morgan fingerprint density at radius 1 is 1.08 bits per heavy atom. The van der Waals surface area contributed by atoms with Gasteiger partial charge < -0.3 is 5.32 Å². The van der Waals surface area contributed by atoms with Crippen molar-refractivity contribution in [3.63, 3.8) is 0 Å². The Bertz CT molecular complexity index is 669. The van der Waals surface area contributed by atoms with Gasteiger partial charge in [-0.25, -0.2) is 0 Å². The summed E-state index contributed by atoms with van der Waals surface area (Å²) in [5.41, 5.74) is 4.10. The van der Waals surface area contributed by atoms with Crippen LogP contribution in [0.25, 0.3) is 0 Å². The third-order valence-corrected chi connectivity index (χ3v) is 4.69. The average molecular weight is 322 g/mol. The Hall–Kier alpha value is -2.13. The summed E-state index contributed by atoms with van der Waals surface area (Å²) in [5.74, 6) is 0.134. The van der Waals surface area contributed by atoms with E-state index >= 15 is 0 Å². The molecule has 0 aliphatic carbocycles. The zero-order valence-corrected chi connectivity index (χ0v) is 14.4. The molecule has 1 aliphatic heterocycles. The molecule has 126 valence electrons. The molecule has 0 bridgehead atoms. The first-order valence-electron chi connectivity index (χ1n) is 8.83. The van der Waals surface area contributed by atoms with E-state index < -0.39 is 0 Å². The van der Waals surface area contributed by atoms with Gasteiger partial charge in [0.2, 0.25) is 5.91 Å². The van der Waals surface area contributed by atoms with E-state index in [0.717, 1.165) is 32.4 Å². The van der Waals surface area contributed by atoms with Crippen LogP contribution < -0.4 is 5.32 Å². The second kappa shape index (κ2) is 8.11. The predicted octanol–water partition coefficient (Wildman–Crippen LogP) is 3.18. The van der Waals surface area contributed by atoms with Crippen molar-refractivity contribution < 1.29 is 4.79 Å². The van der Waals surface area contributed by atoms with Crippen LogP contribution in [-0.2, 0) is 24.2 Å². The van der Waals surface area contributed by atoms with Crippen molar-refractivity contribution in [2.75, 3.05) is 13.1 Å². The number of amides is 1. The first kappa shape index (κ1) is 16.7. The van der Waals surface area contributed by atoms with Crippen LogP contribution in [0.5, 0.6) is 0 Å². The zero-order valence-electron chi connectivity index (χ0n) is 14.4. The molecule has 0 saturated carbocycles. The lowest BCUT2D eigenvalue weighted by Crippen LogP contribution is -2.42. The van der Waals surface area contributed by atoms with Crippen molar-refractivity contribution in [1.29, 1.82) is 0 Å². The Labute approximate surface area is 144 Å². The molecule has 3 rings (SSSR count). The Morgan fingerprint density at radius 3 is 2.58 bits per heavy atom. The van der Waals surface area contributed by atoms with Gasteiger partial charge in [-0.05, 0) is 42.9 Å². The van der Waals surface area contributed by atoms with Crippen LogP contribution >= 0.6 is 0 Å². The molecule has 1 N–H and O–H groups in total. The number of carbonyl (C=O) groups is 1. The minimum Gasteiger partial charge on any atom is -0.353 e. The number of hydrogen-bond donors (Lipinski definition) is 1. The molecule has 3 nitrogen and oxygen atoms in total. The molecule has 0 spiro atoms. The molecular weight excluding hydrogens is 296 g/mol. The highest BCUT2D eigenvalue weighted by Gasteiger charge is 2.18. The van der Waals surface area contributed by atoms with Crippen molar-refractivity contribution in [2.24, 2.45) is 0 Å². The second-order valence-electron chi connectivity index (χ2n) is 6.72. The average Bonchev–Trinajstić information content (AvgIpc) is 2.60. The summed E-state index contributed by atoms with van der Waals surface area (Å²) in [4.78, 5) is 14.5. The first-order valence-corrected chi connectivity index (χ1v) is 8.83. The summed E-state index contributed by atoms with van der Waals surface area (Å²) in [7, 11) is 0. The predicted molar refractivity (Wildman–Crippen MR) is 97.8 cm³/mol. The molecule has 0 unspecified atom stereocenters.